The summed E-state index contributed by atoms with van der Waals surface area (Å²) in [6, 6.07) is 8.37. The van der Waals surface area contributed by atoms with Crippen molar-refractivity contribution in [1.82, 2.24) is 14.1 Å². The highest BCUT2D eigenvalue weighted by atomic mass is 19.4. The Morgan fingerprint density at radius 2 is 1.67 bits per heavy atom. The maximum atomic E-state index is 12.7. The van der Waals surface area contributed by atoms with Gasteiger partial charge in [0.2, 0.25) is 0 Å². The SMILES string of the molecule is O=c1ccc(C(F)(F)F)cn1CCn1cnc2ccccc2c1=O. The zero-order valence-corrected chi connectivity index (χ0v) is 12.3. The zero-order chi connectivity index (χ0) is 17.3. The number of aromatic nitrogens is 3. The third kappa shape index (κ3) is 3.08. The molecular formula is C16H12F3N3O2. The van der Waals surface area contributed by atoms with E-state index in [0.29, 0.717) is 10.9 Å². The van der Waals surface area contributed by atoms with Crippen LogP contribution in [0, 0.1) is 0 Å². The van der Waals surface area contributed by atoms with E-state index < -0.39 is 17.3 Å². The Morgan fingerprint density at radius 3 is 2.42 bits per heavy atom. The zero-order valence-electron chi connectivity index (χ0n) is 12.3. The smallest absolute Gasteiger partial charge is 0.313 e. The Hall–Kier alpha value is -2.90. The molecule has 0 aliphatic heterocycles. The van der Waals surface area contributed by atoms with Crippen LogP contribution in [-0.2, 0) is 19.3 Å². The molecule has 0 amide bonds. The first kappa shape index (κ1) is 16.0. The van der Waals surface area contributed by atoms with Gasteiger partial charge in [0.15, 0.2) is 0 Å². The number of benzene rings is 1. The third-order valence-corrected chi connectivity index (χ3v) is 3.62. The van der Waals surface area contributed by atoms with Gasteiger partial charge in [0.25, 0.3) is 11.1 Å². The molecular weight excluding hydrogens is 323 g/mol. The van der Waals surface area contributed by atoms with Crippen LogP contribution in [0.15, 0.2) is 58.5 Å². The number of rotatable bonds is 3. The van der Waals surface area contributed by atoms with Gasteiger partial charge in [-0.25, -0.2) is 4.98 Å². The predicted octanol–water partition coefficient (Wildman–Crippen LogP) is 2.28. The number of fused-ring (bicyclic) bond motifs is 1. The van der Waals surface area contributed by atoms with Crippen LogP contribution in [0.4, 0.5) is 13.2 Å². The predicted molar refractivity (Wildman–Crippen MR) is 81.7 cm³/mol. The van der Waals surface area contributed by atoms with Crippen LogP contribution in [0.1, 0.15) is 5.56 Å². The van der Waals surface area contributed by atoms with Gasteiger partial charge in [-0.15, -0.1) is 0 Å². The Labute approximate surface area is 133 Å². The van der Waals surface area contributed by atoms with E-state index in [1.54, 1.807) is 24.3 Å². The molecule has 2 aromatic heterocycles. The summed E-state index contributed by atoms with van der Waals surface area (Å²) < 4.78 is 40.4. The number of halogens is 3. The van der Waals surface area contributed by atoms with Crippen LogP contribution in [0.5, 0.6) is 0 Å². The van der Waals surface area contributed by atoms with Crippen LogP contribution >= 0.6 is 0 Å². The van der Waals surface area contributed by atoms with Crippen LogP contribution in [0.3, 0.4) is 0 Å². The fourth-order valence-electron chi connectivity index (χ4n) is 2.35. The normalized spacial score (nSPS) is 11.8. The molecule has 0 unspecified atom stereocenters. The molecule has 0 aliphatic carbocycles. The minimum atomic E-state index is -4.53. The van der Waals surface area contributed by atoms with Gasteiger partial charge in [0, 0.05) is 25.4 Å². The monoisotopic (exact) mass is 335 g/mol. The molecule has 124 valence electrons. The molecule has 8 heteroatoms. The molecule has 0 N–H and O–H groups in total. The van der Waals surface area contributed by atoms with Crippen LogP contribution < -0.4 is 11.1 Å². The van der Waals surface area contributed by atoms with Crippen molar-refractivity contribution in [2.45, 2.75) is 19.3 Å². The number of pyridine rings is 1. The first-order valence-corrected chi connectivity index (χ1v) is 7.08. The molecule has 3 rings (SSSR count). The van der Waals surface area contributed by atoms with E-state index in [1.165, 1.54) is 10.9 Å². The molecule has 24 heavy (non-hydrogen) atoms. The highest BCUT2D eigenvalue weighted by molar-refractivity contribution is 5.76. The Bertz CT molecular complexity index is 1010. The molecule has 0 radical (unpaired) electrons. The first-order valence-electron chi connectivity index (χ1n) is 7.08. The average Bonchev–Trinajstić information content (AvgIpc) is 2.55. The number of alkyl halides is 3. The summed E-state index contributed by atoms with van der Waals surface area (Å²) in [5.74, 6) is 0. The standard InChI is InChI=1S/C16H12F3N3O2/c17-16(18,19)11-5-6-14(23)21(9-11)7-8-22-10-20-13-4-2-1-3-12(13)15(22)24/h1-6,9-10H,7-8H2. The lowest BCUT2D eigenvalue weighted by Crippen LogP contribution is -2.27. The van der Waals surface area contributed by atoms with Crippen molar-refractivity contribution in [2.24, 2.45) is 0 Å². The Morgan fingerprint density at radius 1 is 0.958 bits per heavy atom. The van der Waals surface area contributed by atoms with Crippen LogP contribution in [0.25, 0.3) is 10.9 Å². The molecule has 2 heterocycles. The van der Waals surface area contributed by atoms with Gasteiger partial charge in [-0.1, -0.05) is 12.1 Å². The summed E-state index contributed by atoms with van der Waals surface area (Å²) >= 11 is 0. The molecule has 1 aromatic carbocycles. The van der Waals surface area contributed by atoms with Crippen molar-refractivity contribution in [3.63, 3.8) is 0 Å². The molecule has 3 aromatic rings. The van der Waals surface area contributed by atoms with Crippen molar-refractivity contribution in [3.8, 4) is 0 Å². The third-order valence-electron chi connectivity index (χ3n) is 3.62. The minimum absolute atomic E-state index is 0.0396. The molecule has 0 spiro atoms. The number of aryl methyl sites for hydroxylation is 2. The first-order chi connectivity index (χ1) is 11.4. The summed E-state index contributed by atoms with van der Waals surface area (Å²) in [4.78, 5) is 28.2. The molecule has 0 aliphatic rings. The van der Waals surface area contributed by atoms with Gasteiger partial charge in [-0.2, -0.15) is 13.2 Å². The number of hydrogen-bond donors (Lipinski definition) is 0. The molecule has 0 saturated heterocycles. The lowest BCUT2D eigenvalue weighted by Gasteiger charge is -2.11. The van der Waals surface area contributed by atoms with Crippen molar-refractivity contribution >= 4 is 10.9 Å². The summed E-state index contributed by atoms with van der Waals surface area (Å²) in [7, 11) is 0. The maximum absolute atomic E-state index is 12.7. The molecule has 0 atom stereocenters. The fourth-order valence-corrected chi connectivity index (χ4v) is 2.35. The average molecular weight is 335 g/mol. The van der Waals surface area contributed by atoms with Crippen molar-refractivity contribution in [3.05, 3.63) is 75.2 Å². The summed E-state index contributed by atoms with van der Waals surface area (Å²) in [6.45, 7) is -0.0272. The van der Waals surface area contributed by atoms with Gasteiger partial charge in [-0.3, -0.25) is 14.2 Å². The van der Waals surface area contributed by atoms with Gasteiger partial charge in [0.1, 0.15) is 0 Å². The van der Waals surface area contributed by atoms with Gasteiger partial charge in [-0.05, 0) is 18.2 Å². The Balaban J connectivity index is 1.90. The molecule has 0 saturated carbocycles. The van der Waals surface area contributed by atoms with Gasteiger partial charge >= 0.3 is 6.18 Å². The lowest BCUT2D eigenvalue weighted by molar-refractivity contribution is -0.138. The number of hydrogen-bond acceptors (Lipinski definition) is 3. The second-order valence-electron chi connectivity index (χ2n) is 5.21. The fraction of sp³-hybridized carbons (Fsp3) is 0.188. The second-order valence-corrected chi connectivity index (χ2v) is 5.21. The van der Waals surface area contributed by atoms with Crippen LogP contribution in [-0.4, -0.2) is 14.1 Å². The minimum Gasteiger partial charge on any atom is -0.313 e. The van der Waals surface area contributed by atoms with Crippen molar-refractivity contribution < 1.29 is 13.2 Å². The lowest BCUT2D eigenvalue weighted by atomic mass is 10.2. The highest BCUT2D eigenvalue weighted by Crippen LogP contribution is 2.27. The molecule has 5 nitrogen and oxygen atoms in total. The van der Waals surface area contributed by atoms with E-state index in [9.17, 15) is 22.8 Å². The summed E-state index contributed by atoms with van der Waals surface area (Å²) in [6.07, 6.45) is -2.46. The molecule has 0 bridgehead atoms. The maximum Gasteiger partial charge on any atom is 0.417 e. The van der Waals surface area contributed by atoms with Gasteiger partial charge < -0.3 is 4.57 Å². The number of para-hydroxylation sites is 1. The van der Waals surface area contributed by atoms with E-state index in [4.69, 9.17) is 0 Å². The number of nitrogens with zero attached hydrogens (tertiary/aromatic N) is 3. The topological polar surface area (TPSA) is 56.9 Å². The van der Waals surface area contributed by atoms with E-state index in [-0.39, 0.29) is 18.6 Å². The highest BCUT2D eigenvalue weighted by Gasteiger charge is 2.30. The second kappa shape index (κ2) is 5.95. The van der Waals surface area contributed by atoms with E-state index in [1.807, 2.05) is 0 Å². The van der Waals surface area contributed by atoms with Crippen molar-refractivity contribution in [1.29, 1.82) is 0 Å². The van der Waals surface area contributed by atoms with Crippen LogP contribution in [0.2, 0.25) is 0 Å². The van der Waals surface area contributed by atoms with E-state index in [0.717, 1.165) is 22.9 Å². The van der Waals surface area contributed by atoms with E-state index >= 15 is 0 Å². The summed E-state index contributed by atoms with van der Waals surface area (Å²) in [5, 5.41) is 0.413. The van der Waals surface area contributed by atoms with Crippen molar-refractivity contribution in [2.75, 3.05) is 0 Å². The quantitative estimate of drug-likeness (QED) is 0.738. The van der Waals surface area contributed by atoms with E-state index in [2.05, 4.69) is 4.98 Å². The van der Waals surface area contributed by atoms with Gasteiger partial charge in [0.05, 0.1) is 22.8 Å². The Kier molecular flexibility index (Phi) is 3.96. The summed E-state index contributed by atoms with van der Waals surface area (Å²) in [5.41, 5.74) is -1.24. The molecule has 0 fully saturated rings. The largest absolute Gasteiger partial charge is 0.417 e.